The van der Waals surface area contributed by atoms with Crippen molar-refractivity contribution in [1.82, 2.24) is 14.0 Å². The number of ether oxygens (including phenoxy) is 3. The van der Waals surface area contributed by atoms with Gasteiger partial charge in [-0.15, -0.1) is 0 Å². The molecule has 8 nitrogen and oxygen atoms in total. The maximum absolute atomic E-state index is 14.3. The zero-order valence-corrected chi connectivity index (χ0v) is 21.2. The van der Waals surface area contributed by atoms with Crippen LogP contribution in [0.25, 0.3) is 11.4 Å². The number of aromatic hydroxyl groups is 1. The molecule has 0 aliphatic carbocycles. The second kappa shape index (κ2) is 9.10. The smallest absolute Gasteiger partial charge is 0.267 e. The standard InChI is InChI=1S/C28H25N3O5S/c1-29-14-13-17-15-20-24(36-16-35-20)25(34-2)21(17)23(29)22-26(32)30(18-9-5-3-6-10-18)28(37)31(27(22)33)19-11-7-4-8-12-19/h3-12,15,23,32H,13-14,16H2,1-2H3/t23-/m0/s1. The molecule has 3 aromatic carbocycles. The van der Waals surface area contributed by atoms with E-state index in [1.807, 2.05) is 78.7 Å². The van der Waals surface area contributed by atoms with Crippen LogP contribution in [0.1, 0.15) is 22.7 Å². The topological polar surface area (TPSA) is 78.1 Å². The fourth-order valence-electron chi connectivity index (χ4n) is 5.27. The van der Waals surface area contributed by atoms with Crippen molar-refractivity contribution in [1.29, 1.82) is 0 Å². The number of hydrogen-bond acceptors (Lipinski definition) is 7. The van der Waals surface area contributed by atoms with Gasteiger partial charge in [-0.2, -0.15) is 0 Å². The Morgan fingerprint density at radius 3 is 2.27 bits per heavy atom. The van der Waals surface area contributed by atoms with Crippen molar-refractivity contribution in [3.8, 4) is 34.5 Å². The van der Waals surface area contributed by atoms with E-state index >= 15 is 0 Å². The average molecular weight is 516 g/mol. The van der Waals surface area contributed by atoms with Crippen LogP contribution in [-0.2, 0) is 6.42 Å². The lowest BCUT2D eigenvalue weighted by molar-refractivity contribution is 0.170. The number of likely N-dealkylation sites (N-methyl/N-ethyl adjacent to an activating group) is 1. The van der Waals surface area contributed by atoms with Gasteiger partial charge in [0.15, 0.2) is 16.3 Å². The third-order valence-corrected chi connectivity index (χ3v) is 7.33. The monoisotopic (exact) mass is 515 g/mol. The van der Waals surface area contributed by atoms with Gasteiger partial charge in [0.2, 0.25) is 18.4 Å². The molecule has 188 valence electrons. The van der Waals surface area contributed by atoms with Crippen LogP contribution in [0, 0.1) is 4.77 Å². The third-order valence-electron chi connectivity index (χ3n) is 6.97. The van der Waals surface area contributed by atoms with Crippen LogP contribution in [0.2, 0.25) is 0 Å². The zero-order valence-electron chi connectivity index (χ0n) is 20.4. The molecule has 6 rings (SSSR count). The van der Waals surface area contributed by atoms with Gasteiger partial charge in [0, 0.05) is 12.1 Å². The highest BCUT2D eigenvalue weighted by Crippen LogP contribution is 2.51. The molecule has 0 bridgehead atoms. The highest BCUT2D eigenvalue weighted by molar-refractivity contribution is 7.71. The summed E-state index contributed by atoms with van der Waals surface area (Å²) in [4.78, 5) is 16.3. The van der Waals surface area contributed by atoms with E-state index in [0.717, 1.165) is 17.5 Å². The number of rotatable bonds is 4. The van der Waals surface area contributed by atoms with Gasteiger partial charge < -0.3 is 19.3 Å². The average Bonchev–Trinajstić information content (AvgIpc) is 3.38. The number of fused-ring (bicyclic) bond motifs is 2. The molecule has 0 unspecified atom stereocenters. The van der Waals surface area contributed by atoms with Gasteiger partial charge in [-0.05, 0) is 61.6 Å². The largest absolute Gasteiger partial charge is 0.494 e. The van der Waals surface area contributed by atoms with Crippen molar-refractivity contribution in [2.75, 3.05) is 27.5 Å². The van der Waals surface area contributed by atoms with E-state index in [9.17, 15) is 9.90 Å². The minimum absolute atomic E-state index is 0.0970. The van der Waals surface area contributed by atoms with Crippen LogP contribution in [0.15, 0.2) is 71.5 Å². The Balaban J connectivity index is 1.71. The SMILES string of the molecule is COc1c2c(cc3c1[C@@H](c1c(O)n(-c4ccccc4)c(=S)n(-c4ccccc4)c1=O)N(C)CC3)OCO2. The zero-order chi connectivity index (χ0) is 25.7. The van der Waals surface area contributed by atoms with Crippen molar-refractivity contribution in [2.45, 2.75) is 12.5 Å². The van der Waals surface area contributed by atoms with Gasteiger partial charge in [0.1, 0.15) is 5.56 Å². The van der Waals surface area contributed by atoms with Gasteiger partial charge in [-0.25, -0.2) is 0 Å². The molecule has 0 radical (unpaired) electrons. The lowest BCUT2D eigenvalue weighted by Gasteiger charge is -2.36. The first kappa shape index (κ1) is 23.3. The van der Waals surface area contributed by atoms with Gasteiger partial charge in [-0.3, -0.25) is 18.8 Å². The number of nitrogens with zero attached hydrogens (tertiary/aromatic N) is 3. The molecule has 0 spiro atoms. The van der Waals surface area contributed by atoms with Gasteiger partial charge in [0.25, 0.3) is 5.56 Å². The highest BCUT2D eigenvalue weighted by Gasteiger charge is 2.39. The summed E-state index contributed by atoms with van der Waals surface area (Å²) in [6.07, 6.45) is 0.723. The van der Waals surface area contributed by atoms with Gasteiger partial charge in [-0.1, -0.05) is 36.4 Å². The van der Waals surface area contributed by atoms with Crippen LogP contribution in [0.3, 0.4) is 0 Å². The molecule has 0 amide bonds. The summed E-state index contributed by atoms with van der Waals surface area (Å²) in [7, 11) is 3.50. The number of methoxy groups -OCH3 is 1. The molecular weight excluding hydrogens is 490 g/mol. The Morgan fingerprint density at radius 1 is 0.973 bits per heavy atom. The molecule has 1 atom stereocenters. The van der Waals surface area contributed by atoms with Crippen molar-refractivity contribution in [3.05, 3.63) is 98.5 Å². The maximum atomic E-state index is 14.3. The highest BCUT2D eigenvalue weighted by atomic mass is 32.1. The van der Waals surface area contributed by atoms with Crippen LogP contribution in [-0.4, -0.2) is 46.6 Å². The lowest BCUT2D eigenvalue weighted by atomic mass is 9.87. The Kier molecular flexibility index (Phi) is 5.73. The van der Waals surface area contributed by atoms with E-state index in [1.54, 1.807) is 11.7 Å². The van der Waals surface area contributed by atoms with Gasteiger partial charge in [0.05, 0.1) is 24.5 Å². The van der Waals surface area contributed by atoms with Crippen LogP contribution in [0.5, 0.6) is 23.1 Å². The fraction of sp³-hybridized carbons (Fsp3) is 0.214. The number of benzene rings is 3. The summed E-state index contributed by atoms with van der Waals surface area (Å²) in [5, 5.41) is 11.8. The first-order chi connectivity index (χ1) is 18.0. The Hall–Kier alpha value is -4.08. The van der Waals surface area contributed by atoms with Crippen LogP contribution < -0.4 is 19.8 Å². The fourth-order valence-corrected chi connectivity index (χ4v) is 5.65. The molecule has 0 fully saturated rings. The second-order valence-corrected chi connectivity index (χ2v) is 9.38. The summed E-state index contributed by atoms with van der Waals surface area (Å²) in [6.45, 7) is 0.755. The number of hydrogen-bond donors (Lipinski definition) is 1. The molecule has 4 aromatic rings. The Bertz CT molecular complexity index is 1620. The molecule has 37 heavy (non-hydrogen) atoms. The molecule has 3 heterocycles. The first-order valence-electron chi connectivity index (χ1n) is 11.9. The molecule has 0 saturated heterocycles. The molecule has 2 aliphatic heterocycles. The van der Waals surface area contributed by atoms with Crippen LogP contribution in [0.4, 0.5) is 0 Å². The summed E-state index contributed by atoms with van der Waals surface area (Å²) >= 11 is 5.80. The van der Waals surface area contributed by atoms with Gasteiger partial charge >= 0.3 is 0 Å². The van der Waals surface area contributed by atoms with Crippen LogP contribution >= 0.6 is 12.2 Å². The molecule has 1 N–H and O–H groups in total. The molecular formula is C28H25N3O5S. The summed E-state index contributed by atoms with van der Waals surface area (Å²) < 4.78 is 20.4. The van der Waals surface area contributed by atoms with Crippen molar-refractivity contribution < 1.29 is 19.3 Å². The minimum Gasteiger partial charge on any atom is -0.494 e. The van der Waals surface area contributed by atoms with Crippen molar-refractivity contribution in [2.24, 2.45) is 0 Å². The molecule has 9 heteroatoms. The van der Waals surface area contributed by atoms with E-state index in [-0.39, 0.29) is 23.0 Å². The summed E-state index contributed by atoms with van der Waals surface area (Å²) in [5.74, 6) is 1.41. The quantitative estimate of drug-likeness (QED) is 0.404. The van der Waals surface area contributed by atoms with Crippen molar-refractivity contribution in [3.63, 3.8) is 0 Å². The summed E-state index contributed by atoms with van der Waals surface area (Å²) in [5.41, 5.74) is 2.80. The number of aromatic nitrogens is 2. The molecule has 2 aliphatic rings. The predicted octanol–water partition coefficient (Wildman–Crippen LogP) is 4.38. The van der Waals surface area contributed by atoms with Crippen molar-refractivity contribution >= 4 is 12.2 Å². The normalized spacial score (nSPS) is 16.4. The lowest BCUT2D eigenvalue weighted by Crippen LogP contribution is -2.39. The van der Waals surface area contributed by atoms with E-state index < -0.39 is 11.6 Å². The van der Waals surface area contributed by atoms with E-state index in [2.05, 4.69) is 0 Å². The number of para-hydroxylation sites is 2. The maximum Gasteiger partial charge on any atom is 0.267 e. The third kappa shape index (κ3) is 3.61. The van der Waals surface area contributed by atoms with E-state index in [1.165, 1.54) is 4.57 Å². The van der Waals surface area contributed by atoms with E-state index in [4.69, 9.17) is 26.4 Å². The second-order valence-electron chi connectivity index (χ2n) is 9.02. The predicted molar refractivity (Wildman–Crippen MR) is 141 cm³/mol. The molecule has 1 aromatic heterocycles. The summed E-state index contributed by atoms with van der Waals surface area (Å²) in [6, 6.07) is 19.8. The first-order valence-corrected chi connectivity index (χ1v) is 12.3. The minimum atomic E-state index is -0.624. The van der Waals surface area contributed by atoms with E-state index in [0.29, 0.717) is 35.2 Å². The Morgan fingerprint density at radius 2 is 1.62 bits per heavy atom. The molecule has 0 saturated carbocycles. The Labute approximate surface area is 218 Å².